The summed E-state index contributed by atoms with van der Waals surface area (Å²) in [5, 5.41) is 0. The van der Waals surface area contributed by atoms with E-state index in [-0.39, 0.29) is 5.41 Å². The van der Waals surface area contributed by atoms with E-state index >= 15 is 0 Å². The normalized spacial score (nSPS) is 16.6. The van der Waals surface area contributed by atoms with Crippen LogP contribution in [0.5, 0.6) is 0 Å². The molecule has 1 saturated carbocycles. The molecule has 0 N–H and O–H groups in total. The number of benzene rings is 2. The van der Waals surface area contributed by atoms with Crippen LogP contribution in [-0.4, -0.2) is 0 Å². The Labute approximate surface area is 186 Å². The summed E-state index contributed by atoms with van der Waals surface area (Å²) in [5.74, 6) is 0.937. The van der Waals surface area contributed by atoms with Crippen LogP contribution in [0.4, 0.5) is 0 Å². The monoisotopic (exact) mass is 404 g/mol. The van der Waals surface area contributed by atoms with Gasteiger partial charge >= 0.3 is 0 Å². The lowest BCUT2D eigenvalue weighted by atomic mass is 9.60. The Balaban J connectivity index is 1.77. The Morgan fingerprint density at radius 1 is 0.667 bits per heavy atom. The molecule has 0 atom stereocenters. The summed E-state index contributed by atoms with van der Waals surface area (Å²) in [5.41, 5.74) is 6.56. The van der Waals surface area contributed by atoms with E-state index in [4.69, 9.17) is 0 Å². The van der Waals surface area contributed by atoms with Crippen LogP contribution in [0.25, 0.3) is 0 Å². The van der Waals surface area contributed by atoms with Crippen molar-refractivity contribution >= 4 is 0 Å². The predicted molar refractivity (Wildman–Crippen MR) is 132 cm³/mol. The minimum atomic E-state index is 0.219. The second kappa shape index (κ2) is 11.7. The first-order chi connectivity index (χ1) is 14.7. The maximum absolute atomic E-state index is 2.44. The topological polar surface area (TPSA) is 0 Å². The second-order valence-corrected chi connectivity index (χ2v) is 9.60. The van der Waals surface area contributed by atoms with Gasteiger partial charge in [-0.2, -0.15) is 0 Å². The van der Waals surface area contributed by atoms with Crippen molar-refractivity contribution in [2.24, 2.45) is 5.92 Å². The number of hydrogen-bond acceptors (Lipinski definition) is 0. The van der Waals surface area contributed by atoms with E-state index < -0.39 is 0 Å². The van der Waals surface area contributed by atoms with Gasteiger partial charge in [0.1, 0.15) is 0 Å². The first kappa shape index (κ1) is 23.1. The van der Waals surface area contributed by atoms with Gasteiger partial charge in [-0.25, -0.2) is 0 Å². The third-order valence-corrected chi connectivity index (χ3v) is 7.75. The molecule has 0 bridgehead atoms. The van der Waals surface area contributed by atoms with Crippen molar-refractivity contribution in [2.75, 3.05) is 0 Å². The van der Waals surface area contributed by atoms with Crippen molar-refractivity contribution in [1.82, 2.24) is 0 Å². The average molecular weight is 405 g/mol. The maximum Gasteiger partial charge on any atom is 0.0208 e. The van der Waals surface area contributed by atoms with E-state index in [1.807, 2.05) is 0 Å². The molecule has 0 radical (unpaired) electrons. The molecular weight excluding hydrogens is 360 g/mol. The SMILES string of the molecule is CCCCCCCCC1CCC(c2ccccc2CC)(c2ccccc2CC)CC1. The summed E-state index contributed by atoms with van der Waals surface area (Å²) >= 11 is 0. The van der Waals surface area contributed by atoms with E-state index in [2.05, 4.69) is 69.3 Å². The van der Waals surface area contributed by atoms with Crippen molar-refractivity contribution in [3.05, 3.63) is 70.8 Å². The van der Waals surface area contributed by atoms with Crippen molar-refractivity contribution in [3.63, 3.8) is 0 Å². The summed E-state index contributed by atoms with van der Waals surface area (Å²) in [7, 11) is 0. The molecular formula is C30H44. The Bertz CT molecular complexity index is 699. The van der Waals surface area contributed by atoms with E-state index in [9.17, 15) is 0 Å². The van der Waals surface area contributed by atoms with Gasteiger partial charge in [0.2, 0.25) is 0 Å². The third-order valence-electron chi connectivity index (χ3n) is 7.75. The molecule has 0 spiro atoms. The van der Waals surface area contributed by atoms with E-state index in [0.717, 1.165) is 18.8 Å². The van der Waals surface area contributed by atoms with Crippen LogP contribution in [0.15, 0.2) is 48.5 Å². The Morgan fingerprint density at radius 3 is 1.70 bits per heavy atom. The molecule has 1 aliphatic rings. The zero-order valence-corrected chi connectivity index (χ0v) is 19.9. The molecule has 0 aliphatic heterocycles. The van der Waals surface area contributed by atoms with Crippen LogP contribution in [-0.2, 0) is 18.3 Å². The van der Waals surface area contributed by atoms with Crippen LogP contribution in [0, 0.1) is 5.92 Å². The smallest absolute Gasteiger partial charge is 0.0208 e. The number of rotatable bonds is 11. The van der Waals surface area contributed by atoms with E-state index in [1.165, 1.54) is 70.6 Å². The van der Waals surface area contributed by atoms with Gasteiger partial charge in [0.25, 0.3) is 0 Å². The highest BCUT2D eigenvalue weighted by Crippen LogP contribution is 2.49. The van der Waals surface area contributed by atoms with Gasteiger partial charge in [-0.05, 0) is 66.7 Å². The lowest BCUT2D eigenvalue weighted by molar-refractivity contribution is 0.248. The highest BCUT2D eigenvalue weighted by Gasteiger charge is 2.40. The maximum atomic E-state index is 2.44. The van der Waals surface area contributed by atoms with Crippen molar-refractivity contribution in [3.8, 4) is 0 Å². The summed E-state index contributed by atoms with van der Waals surface area (Å²) in [6.45, 7) is 6.95. The van der Waals surface area contributed by atoms with Gasteiger partial charge < -0.3 is 0 Å². The fraction of sp³-hybridized carbons (Fsp3) is 0.600. The molecule has 0 unspecified atom stereocenters. The highest BCUT2D eigenvalue weighted by molar-refractivity contribution is 5.47. The van der Waals surface area contributed by atoms with E-state index in [1.54, 1.807) is 22.3 Å². The van der Waals surface area contributed by atoms with Gasteiger partial charge in [-0.15, -0.1) is 0 Å². The standard InChI is InChI=1S/C30H44/c1-4-7-8-9-10-11-16-25-21-23-30(24-22-25,28-19-14-12-17-26(28)5-2)29-20-15-13-18-27(29)6-3/h12-15,17-20,25H,4-11,16,21-24H2,1-3H3. The van der Waals surface area contributed by atoms with Gasteiger partial charge in [-0.1, -0.05) is 114 Å². The molecule has 1 fully saturated rings. The van der Waals surface area contributed by atoms with Gasteiger partial charge in [0.15, 0.2) is 0 Å². The summed E-state index contributed by atoms with van der Waals surface area (Å²) in [6.07, 6.45) is 17.7. The molecule has 2 aromatic rings. The molecule has 0 heteroatoms. The summed E-state index contributed by atoms with van der Waals surface area (Å²) < 4.78 is 0. The minimum absolute atomic E-state index is 0.219. The van der Waals surface area contributed by atoms with Crippen molar-refractivity contribution in [2.45, 2.75) is 110 Å². The largest absolute Gasteiger partial charge is 0.0654 e. The fourth-order valence-electron chi connectivity index (χ4n) is 5.95. The number of unbranched alkanes of at least 4 members (excludes halogenated alkanes) is 5. The molecule has 0 heterocycles. The highest BCUT2D eigenvalue weighted by atomic mass is 14.4. The molecule has 3 rings (SSSR count). The third kappa shape index (κ3) is 5.37. The number of hydrogen-bond donors (Lipinski definition) is 0. The second-order valence-electron chi connectivity index (χ2n) is 9.60. The van der Waals surface area contributed by atoms with Gasteiger partial charge in [-0.3, -0.25) is 0 Å². The molecule has 2 aromatic carbocycles. The van der Waals surface area contributed by atoms with Gasteiger partial charge in [0, 0.05) is 5.41 Å². The Hall–Kier alpha value is -1.56. The van der Waals surface area contributed by atoms with Crippen molar-refractivity contribution in [1.29, 1.82) is 0 Å². The van der Waals surface area contributed by atoms with Crippen LogP contribution in [0.2, 0.25) is 0 Å². The quantitative estimate of drug-likeness (QED) is 0.328. The molecule has 0 aromatic heterocycles. The first-order valence-electron chi connectivity index (χ1n) is 12.9. The molecule has 164 valence electrons. The lowest BCUT2D eigenvalue weighted by Crippen LogP contribution is -2.35. The van der Waals surface area contributed by atoms with Crippen LogP contribution in [0.3, 0.4) is 0 Å². The van der Waals surface area contributed by atoms with Crippen molar-refractivity contribution < 1.29 is 0 Å². The van der Waals surface area contributed by atoms with Crippen LogP contribution in [0.1, 0.15) is 114 Å². The molecule has 0 saturated heterocycles. The van der Waals surface area contributed by atoms with E-state index in [0.29, 0.717) is 0 Å². The van der Waals surface area contributed by atoms with Crippen LogP contribution >= 0.6 is 0 Å². The zero-order valence-electron chi connectivity index (χ0n) is 19.9. The summed E-state index contributed by atoms with van der Waals surface area (Å²) in [4.78, 5) is 0. The molecule has 0 nitrogen and oxygen atoms in total. The fourth-order valence-corrected chi connectivity index (χ4v) is 5.95. The zero-order chi connectivity index (χ0) is 21.2. The molecule has 30 heavy (non-hydrogen) atoms. The average Bonchev–Trinajstić information content (AvgIpc) is 2.81. The van der Waals surface area contributed by atoms with Crippen LogP contribution < -0.4 is 0 Å². The predicted octanol–water partition coefficient (Wildman–Crippen LogP) is 9.04. The Morgan fingerprint density at radius 2 is 1.17 bits per heavy atom. The first-order valence-corrected chi connectivity index (χ1v) is 12.9. The minimum Gasteiger partial charge on any atom is -0.0654 e. The molecule has 0 amide bonds. The Kier molecular flexibility index (Phi) is 9.04. The lowest BCUT2D eigenvalue weighted by Gasteiger charge is -2.43. The number of aryl methyl sites for hydroxylation is 2. The summed E-state index contributed by atoms with van der Waals surface area (Å²) in [6, 6.07) is 18.6. The van der Waals surface area contributed by atoms with Gasteiger partial charge in [0.05, 0.1) is 0 Å². The molecule has 1 aliphatic carbocycles.